The lowest BCUT2D eigenvalue weighted by Gasteiger charge is -2.21. The number of para-hydroxylation sites is 1. The van der Waals surface area contributed by atoms with E-state index in [0.717, 1.165) is 16.6 Å². The molecule has 0 saturated carbocycles. The summed E-state index contributed by atoms with van der Waals surface area (Å²) >= 11 is 13.2. The number of hydrogen-bond acceptors (Lipinski definition) is 7. The van der Waals surface area contributed by atoms with Gasteiger partial charge >= 0.3 is 0 Å². The lowest BCUT2D eigenvalue weighted by Crippen LogP contribution is -2.37. The van der Waals surface area contributed by atoms with Gasteiger partial charge in [-0.1, -0.05) is 41.4 Å². The van der Waals surface area contributed by atoms with Gasteiger partial charge in [-0.2, -0.15) is 0 Å². The van der Waals surface area contributed by atoms with Gasteiger partial charge in [0.1, 0.15) is 23.7 Å². The molecule has 0 bridgehead atoms. The predicted octanol–water partition coefficient (Wildman–Crippen LogP) is 7.53. The van der Waals surface area contributed by atoms with Crippen LogP contribution in [0.2, 0.25) is 10.0 Å². The van der Waals surface area contributed by atoms with E-state index in [1.807, 2.05) is 37.3 Å². The van der Waals surface area contributed by atoms with E-state index in [4.69, 9.17) is 27.9 Å². The molecule has 5 rings (SSSR count). The largest absolute Gasteiger partial charge is 0.487 e. The molecule has 0 fully saturated rings. The maximum absolute atomic E-state index is 13.0. The normalized spacial score (nSPS) is 10.3. The summed E-state index contributed by atoms with van der Waals surface area (Å²) in [5, 5.41) is 6.84. The van der Waals surface area contributed by atoms with Crippen LogP contribution in [0.4, 0.5) is 11.5 Å². The van der Waals surface area contributed by atoms with Crippen molar-refractivity contribution >= 4 is 107 Å². The number of amides is 3. The summed E-state index contributed by atoms with van der Waals surface area (Å²) in [6.45, 7) is 1.69. The van der Waals surface area contributed by atoms with Gasteiger partial charge in [-0.3, -0.25) is 19.4 Å². The highest BCUT2D eigenvalue weighted by Gasteiger charge is 2.19. The summed E-state index contributed by atoms with van der Waals surface area (Å²) in [5.41, 5.74) is 3.58. The van der Waals surface area contributed by atoms with Gasteiger partial charge in [-0.25, -0.2) is 9.97 Å². The van der Waals surface area contributed by atoms with Crippen molar-refractivity contribution in [1.82, 2.24) is 20.3 Å². The first-order chi connectivity index (χ1) is 22.2. The van der Waals surface area contributed by atoms with E-state index < -0.39 is 11.8 Å². The highest BCUT2D eigenvalue weighted by Crippen LogP contribution is 2.35. The number of aromatic nitrogens is 3. The summed E-state index contributed by atoms with van der Waals surface area (Å²) in [6.07, 6.45) is 7.39. The highest BCUT2D eigenvalue weighted by atomic mass is 35.5. The fraction of sp³-hybridized carbons (Fsp3) is 0.118. The summed E-state index contributed by atoms with van der Waals surface area (Å²) in [5.74, 6) is -0.258. The molecule has 0 aliphatic rings. The Morgan fingerprint density at radius 1 is 0.939 bits per heavy atom. The van der Waals surface area contributed by atoms with Gasteiger partial charge in [0.05, 0.1) is 17.3 Å². The Hall–Kier alpha value is -4.45. The number of hydrogen-bond donors (Lipinski definition) is 2. The van der Waals surface area contributed by atoms with E-state index in [9.17, 15) is 14.4 Å². The molecule has 2 aromatic carbocycles. The van der Waals surface area contributed by atoms with Gasteiger partial charge in [0.2, 0.25) is 11.8 Å². The molecular weight excluding hydrogens is 734 g/mol. The van der Waals surface area contributed by atoms with Gasteiger partial charge in [0, 0.05) is 58.9 Å². The fourth-order valence-corrected chi connectivity index (χ4v) is 4.98. The topological polar surface area (TPSA) is 126 Å². The molecule has 0 aliphatic carbocycles. The molecule has 5 aromatic rings. The van der Waals surface area contributed by atoms with Crippen LogP contribution in [0.1, 0.15) is 27.2 Å². The summed E-state index contributed by atoms with van der Waals surface area (Å²) in [7, 11) is 1.56. The molecule has 49 heavy (non-hydrogen) atoms. The van der Waals surface area contributed by atoms with Crippen LogP contribution < -0.4 is 20.3 Å². The Balaban J connectivity index is 0.00000278. The Labute approximate surface area is 311 Å². The second-order valence-electron chi connectivity index (χ2n) is 10.1. The Morgan fingerprint density at radius 3 is 2.41 bits per heavy atom. The summed E-state index contributed by atoms with van der Waals surface area (Å²) in [4.78, 5) is 51.7. The van der Waals surface area contributed by atoms with Gasteiger partial charge in [0.25, 0.3) is 5.91 Å². The van der Waals surface area contributed by atoms with Crippen LogP contribution in [0.25, 0.3) is 17.0 Å². The minimum atomic E-state index is -0.480. The first kappa shape index (κ1) is 40.7. The van der Waals surface area contributed by atoms with E-state index >= 15 is 0 Å². The van der Waals surface area contributed by atoms with Crippen LogP contribution in [0.3, 0.4) is 0 Å². The van der Waals surface area contributed by atoms with Crippen LogP contribution in [0.5, 0.6) is 5.75 Å². The molecular formula is C34H31Cl5N6O4. The van der Waals surface area contributed by atoms with Crippen LogP contribution >= 0.6 is 60.4 Å². The third-order valence-electron chi connectivity index (χ3n) is 6.91. The Morgan fingerprint density at radius 2 is 1.69 bits per heavy atom. The van der Waals surface area contributed by atoms with Gasteiger partial charge in [-0.15, -0.1) is 37.2 Å². The minimum Gasteiger partial charge on any atom is -0.487 e. The number of halogens is 5. The number of carbonyl (C=O) groups excluding carboxylic acids is 3. The molecule has 15 heteroatoms. The first-order valence-corrected chi connectivity index (χ1v) is 14.8. The SMILES string of the molecule is Cc1ccc2cccc(OCc3c(Cl)ccc(N(C)C(=O)CNC(=O)/C=C/c4ccc(NC(=O)c5ccncc5)nc4)c3Cl)c2n1.Cl.Cl.Cl. The number of carbonyl (C=O) groups is 3. The zero-order valence-electron chi connectivity index (χ0n) is 26.1. The van der Waals surface area contributed by atoms with Crippen molar-refractivity contribution in [2.75, 3.05) is 23.8 Å². The fourth-order valence-electron chi connectivity index (χ4n) is 4.38. The zero-order chi connectivity index (χ0) is 32.6. The molecule has 3 heterocycles. The van der Waals surface area contributed by atoms with Crippen molar-refractivity contribution in [3.8, 4) is 5.75 Å². The quantitative estimate of drug-likeness (QED) is 0.141. The average molecular weight is 765 g/mol. The molecule has 10 nitrogen and oxygen atoms in total. The van der Waals surface area contributed by atoms with Crippen molar-refractivity contribution in [1.29, 1.82) is 0 Å². The van der Waals surface area contributed by atoms with Crippen molar-refractivity contribution in [3.05, 3.63) is 124 Å². The monoisotopic (exact) mass is 762 g/mol. The molecule has 0 aliphatic heterocycles. The lowest BCUT2D eigenvalue weighted by atomic mass is 10.1. The molecule has 0 radical (unpaired) electrons. The van der Waals surface area contributed by atoms with E-state index in [1.54, 1.807) is 49.5 Å². The number of fused-ring (bicyclic) bond motifs is 1. The van der Waals surface area contributed by atoms with E-state index in [1.165, 1.54) is 29.6 Å². The van der Waals surface area contributed by atoms with Gasteiger partial charge in [-0.05, 0) is 67.1 Å². The summed E-state index contributed by atoms with van der Waals surface area (Å²) in [6, 6.07) is 19.3. The van der Waals surface area contributed by atoms with Gasteiger partial charge in [0.15, 0.2) is 0 Å². The van der Waals surface area contributed by atoms with Crippen molar-refractivity contribution in [2.24, 2.45) is 0 Å². The lowest BCUT2D eigenvalue weighted by molar-refractivity contribution is -0.122. The van der Waals surface area contributed by atoms with Crippen LogP contribution in [-0.2, 0) is 16.2 Å². The van der Waals surface area contributed by atoms with E-state index in [-0.39, 0.29) is 61.3 Å². The zero-order valence-corrected chi connectivity index (χ0v) is 30.0. The summed E-state index contributed by atoms with van der Waals surface area (Å²) < 4.78 is 6.08. The van der Waals surface area contributed by atoms with Crippen molar-refractivity contribution in [2.45, 2.75) is 13.5 Å². The maximum atomic E-state index is 13.0. The number of pyridine rings is 3. The number of nitrogens with zero attached hydrogens (tertiary/aromatic N) is 4. The third kappa shape index (κ3) is 10.5. The van der Waals surface area contributed by atoms with Gasteiger partial charge < -0.3 is 20.3 Å². The van der Waals surface area contributed by atoms with Crippen LogP contribution in [0.15, 0.2) is 91.4 Å². The average Bonchev–Trinajstić information content (AvgIpc) is 3.07. The number of anilines is 2. The van der Waals surface area contributed by atoms with E-state index in [0.29, 0.717) is 39.0 Å². The first-order valence-electron chi connectivity index (χ1n) is 14.1. The number of aryl methyl sites for hydroxylation is 1. The Kier molecular flexibility index (Phi) is 15.7. The number of rotatable bonds is 10. The van der Waals surface area contributed by atoms with E-state index in [2.05, 4.69) is 25.6 Å². The van der Waals surface area contributed by atoms with Crippen molar-refractivity contribution < 1.29 is 19.1 Å². The van der Waals surface area contributed by atoms with Crippen molar-refractivity contribution in [3.63, 3.8) is 0 Å². The second-order valence-corrected chi connectivity index (χ2v) is 10.9. The molecule has 0 spiro atoms. The maximum Gasteiger partial charge on any atom is 0.256 e. The minimum absolute atomic E-state index is 0. The number of benzene rings is 2. The smallest absolute Gasteiger partial charge is 0.256 e. The standard InChI is InChI=1S/C34H28Cl2N6O4.3ClH/c1-21-6-9-23-4-3-5-28(33(23)40-21)46-20-25-26(35)10-11-27(32(25)36)42(2)31(44)19-39-30(43)13-8-22-7-12-29(38-18-22)41-34(45)24-14-16-37-17-15-24;;;/h3-18H,19-20H2,1-2H3,(H,39,43)(H,38,41,45);3*1H/b13-8+;;;. The number of ether oxygens (including phenoxy) is 1. The Bertz CT molecular complexity index is 1950. The number of nitrogens with one attached hydrogen (secondary N) is 2. The molecule has 2 N–H and O–H groups in total. The molecule has 0 atom stereocenters. The molecule has 0 saturated heterocycles. The molecule has 256 valence electrons. The predicted molar refractivity (Wildman–Crippen MR) is 201 cm³/mol. The number of likely N-dealkylation sites (N-methyl/N-ethyl adjacent to an activating group) is 1. The van der Waals surface area contributed by atoms with Crippen LogP contribution in [-0.4, -0.2) is 46.3 Å². The molecule has 3 amide bonds. The third-order valence-corrected chi connectivity index (χ3v) is 7.68. The molecule has 0 unspecified atom stereocenters. The van der Waals surface area contributed by atoms with Crippen LogP contribution in [0, 0.1) is 6.92 Å². The highest BCUT2D eigenvalue weighted by molar-refractivity contribution is 6.38. The second kappa shape index (κ2) is 18.9. The molecule has 3 aromatic heterocycles.